The number of morpholine rings is 1. The molecule has 1 atom stereocenters. The summed E-state index contributed by atoms with van der Waals surface area (Å²) in [6.45, 7) is 3.64. The van der Waals surface area contributed by atoms with E-state index in [1.165, 1.54) is 25.9 Å². The van der Waals surface area contributed by atoms with E-state index in [2.05, 4.69) is 0 Å². The lowest BCUT2D eigenvalue weighted by atomic mass is 10.1. The third-order valence-corrected chi connectivity index (χ3v) is 5.80. The highest BCUT2D eigenvalue weighted by atomic mass is 16.5. The smallest absolute Gasteiger partial charge is 0.262 e. The molecule has 3 aromatic rings. The molecule has 0 N–H and O–H groups in total. The number of carbonyl (C=O) groups excluding carboxylic acids is 1. The van der Waals surface area contributed by atoms with Gasteiger partial charge in [0.05, 0.1) is 45.4 Å². The average Bonchev–Trinajstić information content (AvgIpc) is 2.87. The molecule has 1 amide bonds. The second-order valence-electron chi connectivity index (χ2n) is 7.66. The standard InChI is InChI=1S/C24H27N3O6/c1-15(23(28)26-9-11-33-12-10-26)27-22(25-18-8-6-5-7-17(18)24(27)29)16-13-19(30-2)21(32-4)20(14-16)31-3/h5-8,13-15H,9-12H2,1-4H3. The maximum atomic E-state index is 13.6. The van der Waals surface area contributed by atoms with E-state index in [9.17, 15) is 9.59 Å². The van der Waals surface area contributed by atoms with E-state index < -0.39 is 6.04 Å². The first-order chi connectivity index (χ1) is 16.0. The molecule has 1 unspecified atom stereocenters. The van der Waals surface area contributed by atoms with Crippen molar-refractivity contribution in [3.05, 3.63) is 46.8 Å². The molecule has 1 aromatic heterocycles. The molecule has 0 spiro atoms. The van der Waals surface area contributed by atoms with E-state index in [0.717, 1.165) is 0 Å². The molecule has 0 bridgehead atoms. The minimum Gasteiger partial charge on any atom is -0.493 e. The van der Waals surface area contributed by atoms with E-state index in [-0.39, 0.29) is 11.5 Å². The summed E-state index contributed by atoms with van der Waals surface area (Å²) in [7, 11) is 4.56. The van der Waals surface area contributed by atoms with Crippen molar-refractivity contribution in [1.29, 1.82) is 0 Å². The summed E-state index contributed by atoms with van der Waals surface area (Å²) in [5.74, 6) is 1.45. The van der Waals surface area contributed by atoms with Crippen molar-refractivity contribution in [2.24, 2.45) is 0 Å². The Morgan fingerprint density at radius 2 is 1.67 bits per heavy atom. The first-order valence-corrected chi connectivity index (χ1v) is 10.7. The van der Waals surface area contributed by atoms with Gasteiger partial charge >= 0.3 is 0 Å². The molecule has 1 fully saturated rings. The zero-order valence-corrected chi connectivity index (χ0v) is 19.2. The molecular formula is C24H27N3O6. The van der Waals surface area contributed by atoms with Crippen molar-refractivity contribution in [2.75, 3.05) is 47.6 Å². The number of rotatable bonds is 6. The number of amides is 1. The normalized spacial score (nSPS) is 14.7. The maximum absolute atomic E-state index is 13.6. The molecule has 0 aliphatic carbocycles. The second-order valence-corrected chi connectivity index (χ2v) is 7.66. The third-order valence-electron chi connectivity index (χ3n) is 5.80. The number of ether oxygens (including phenoxy) is 4. The fraction of sp³-hybridized carbons (Fsp3) is 0.375. The van der Waals surface area contributed by atoms with E-state index in [0.29, 0.717) is 65.8 Å². The van der Waals surface area contributed by atoms with Gasteiger partial charge in [0.25, 0.3) is 5.56 Å². The SMILES string of the molecule is COc1cc(-c2nc3ccccc3c(=O)n2C(C)C(=O)N2CCOCC2)cc(OC)c1OC. The summed E-state index contributed by atoms with van der Waals surface area (Å²) in [5.41, 5.74) is 0.806. The van der Waals surface area contributed by atoms with Gasteiger partial charge in [-0.25, -0.2) is 4.98 Å². The number of carbonyl (C=O) groups is 1. The van der Waals surface area contributed by atoms with Crippen LogP contribution in [0, 0.1) is 0 Å². The second kappa shape index (κ2) is 9.50. The Labute approximate surface area is 191 Å². The van der Waals surface area contributed by atoms with E-state index >= 15 is 0 Å². The average molecular weight is 453 g/mol. The van der Waals surface area contributed by atoms with Gasteiger partial charge < -0.3 is 23.8 Å². The summed E-state index contributed by atoms with van der Waals surface area (Å²) in [6.07, 6.45) is 0. The fourth-order valence-corrected chi connectivity index (χ4v) is 4.08. The first kappa shape index (κ1) is 22.6. The van der Waals surface area contributed by atoms with Crippen molar-refractivity contribution in [3.63, 3.8) is 0 Å². The Kier molecular flexibility index (Phi) is 6.50. The lowest BCUT2D eigenvalue weighted by molar-refractivity contribution is -0.138. The Hall–Kier alpha value is -3.59. The number of hydrogen-bond donors (Lipinski definition) is 0. The highest BCUT2D eigenvalue weighted by Gasteiger charge is 2.28. The molecular weight excluding hydrogens is 426 g/mol. The Balaban J connectivity index is 1.95. The van der Waals surface area contributed by atoms with Crippen molar-refractivity contribution >= 4 is 16.8 Å². The molecule has 2 heterocycles. The quantitative estimate of drug-likeness (QED) is 0.566. The van der Waals surface area contributed by atoms with Crippen LogP contribution in [0.1, 0.15) is 13.0 Å². The Morgan fingerprint density at radius 3 is 2.27 bits per heavy atom. The molecule has 2 aromatic carbocycles. The van der Waals surface area contributed by atoms with Gasteiger partial charge in [-0.15, -0.1) is 0 Å². The van der Waals surface area contributed by atoms with Crippen molar-refractivity contribution < 1.29 is 23.7 Å². The van der Waals surface area contributed by atoms with Gasteiger partial charge in [0, 0.05) is 18.7 Å². The largest absolute Gasteiger partial charge is 0.493 e. The summed E-state index contributed by atoms with van der Waals surface area (Å²) in [4.78, 5) is 33.4. The molecule has 0 radical (unpaired) electrons. The zero-order chi connectivity index (χ0) is 23.5. The van der Waals surface area contributed by atoms with Crippen LogP contribution < -0.4 is 19.8 Å². The van der Waals surface area contributed by atoms with Crippen molar-refractivity contribution in [2.45, 2.75) is 13.0 Å². The Bertz CT molecular complexity index is 1210. The monoisotopic (exact) mass is 453 g/mol. The van der Waals surface area contributed by atoms with Crippen LogP contribution in [-0.4, -0.2) is 68.0 Å². The van der Waals surface area contributed by atoms with E-state index in [1.54, 1.807) is 42.2 Å². The molecule has 9 heteroatoms. The van der Waals surface area contributed by atoms with Crippen LogP contribution in [0.4, 0.5) is 0 Å². The van der Waals surface area contributed by atoms with Crippen LogP contribution >= 0.6 is 0 Å². The van der Waals surface area contributed by atoms with Crippen LogP contribution in [0.2, 0.25) is 0 Å². The molecule has 33 heavy (non-hydrogen) atoms. The number of para-hydroxylation sites is 1. The van der Waals surface area contributed by atoms with Crippen LogP contribution in [0.15, 0.2) is 41.2 Å². The van der Waals surface area contributed by atoms with Crippen LogP contribution in [0.25, 0.3) is 22.3 Å². The molecule has 9 nitrogen and oxygen atoms in total. The zero-order valence-electron chi connectivity index (χ0n) is 19.2. The molecule has 1 saturated heterocycles. The summed E-state index contributed by atoms with van der Waals surface area (Å²) >= 11 is 0. The fourth-order valence-electron chi connectivity index (χ4n) is 4.08. The van der Waals surface area contributed by atoms with Crippen LogP contribution in [-0.2, 0) is 9.53 Å². The Morgan fingerprint density at radius 1 is 1.03 bits per heavy atom. The predicted octanol–water partition coefficient (Wildman–Crippen LogP) is 2.51. The van der Waals surface area contributed by atoms with Gasteiger partial charge in [-0.2, -0.15) is 0 Å². The van der Waals surface area contributed by atoms with Gasteiger partial charge in [0.15, 0.2) is 11.5 Å². The lowest BCUT2D eigenvalue weighted by Crippen LogP contribution is -2.45. The van der Waals surface area contributed by atoms with E-state index in [1.807, 2.05) is 6.07 Å². The third kappa shape index (κ3) is 4.11. The number of methoxy groups -OCH3 is 3. The van der Waals surface area contributed by atoms with Gasteiger partial charge in [-0.3, -0.25) is 14.2 Å². The summed E-state index contributed by atoms with van der Waals surface area (Å²) in [5, 5.41) is 0.440. The van der Waals surface area contributed by atoms with Crippen LogP contribution in [0.3, 0.4) is 0 Å². The van der Waals surface area contributed by atoms with Gasteiger partial charge in [-0.1, -0.05) is 12.1 Å². The number of fused-ring (bicyclic) bond motifs is 1. The molecule has 1 aliphatic rings. The van der Waals surface area contributed by atoms with Crippen molar-refractivity contribution in [3.8, 4) is 28.6 Å². The minimum absolute atomic E-state index is 0.161. The topological polar surface area (TPSA) is 92.1 Å². The molecule has 0 saturated carbocycles. The number of hydrogen-bond acceptors (Lipinski definition) is 7. The minimum atomic E-state index is -0.776. The van der Waals surface area contributed by atoms with Gasteiger partial charge in [0.2, 0.25) is 11.7 Å². The van der Waals surface area contributed by atoms with Crippen LogP contribution in [0.5, 0.6) is 17.2 Å². The predicted molar refractivity (Wildman–Crippen MR) is 123 cm³/mol. The molecule has 174 valence electrons. The summed E-state index contributed by atoms with van der Waals surface area (Å²) in [6, 6.07) is 9.76. The van der Waals surface area contributed by atoms with E-state index in [4.69, 9.17) is 23.9 Å². The maximum Gasteiger partial charge on any atom is 0.262 e. The number of benzene rings is 2. The summed E-state index contributed by atoms with van der Waals surface area (Å²) < 4.78 is 23.2. The van der Waals surface area contributed by atoms with Crippen molar-refractivity contribution in [1.82, 2.24) is 14.5 Å². The number of aromatic nitrogens is 2. The highest BCUT2D eigenvalue weighted by Crippen LogP contribution is 2.41. The van der Waals surface area contributed by atoms with Gasteiger partial charge in [0.1, 0.15) is 11.9 Å². The molecule has 4 rings (SSSR count). The first-order valence-electron chi connectivity index (χ1n) is 10.7. The number of nitrogens with zero attached hydrogens (tertiary/aromatic N) is 3. The highest BCUT2D eigenvalue weighted by molar-refractivity contribution is 5.84. The lowest BCUT2D eigenvalue weighted by Gasteiger charge is -2.30. The van der Waals surface area contributed by atoms with Gasteiger partial charge in [-0.05, 0) is 31.2 Å². The molecule has 1 aliphatic heterocycles.